The third-order valence-electron chi connectivity index (χ3n) is 4.19. The number of hydrogen-bond acceptors (Lipinski definition) is 3. The standard InChI is InChI=1S/C20H16ClN3O2S/c1-13-6-9-15(10-7-13)27(25,26)24-14-8-11-17(21)16(12-14)20-22-18-4-2-3-5-19(18)23-20/h2-12,24H,1H3,(H,22,23). The Morgan fingerprint density at radius 1 is 1.00 bits per heavy atom. The van der Waals surface area contributed by atoms with E-state index in [0.717, 1.165) is 16.6 Å². The van der Waals surface area contributed by atoms with Gasteiger partial charge in [-0.25, -0.2) is 13.4 Å². The molecule has 0 unspecified atom stereocenters. The van der Waals surface area contributed by atoms with E-state index in [2.05, 4.69) is 14.7 Å². The van der Waals surface area contributed by atoms with Crippen LogP contribution in [0.25, 0.3) is 22.4 Å². The summed E-state index contributed by atoms with van der Waals surface area (Å²) in [7, 11) is -3.69. The van der Waals surface area contributed by atoms with E-state index in [0.29, 0.717) is 22.1 Å². The number of nitrogens with zero attached hydrogens (tertiary/aromatic N) is 1. The highest BCUT2D eigenvalue weighted by molar-refractivity contribution is 7.92. The number of aromatic amines is 1. The summed E-state index contributed by atoms with van der Waals surface area (Å²) in [5.41, 5.74) is 3.73. The number of hydrogen-bond donors (Lipinski definition) is 2. The first kappa shape index (κ1) is 17.6. The maximum Gasteiger partial charge on any atom is 0.261 e. The summed E-state index contributed by atoms with van der Waals surface area (Å²) in [6, 6.07) is 19.3. The second-order valence-electron chi connectivity index (χ2n) is 6.22. The Labute approximate surface area is 162 Å². The molecule has 136 valence electrons. The molecule has 0 amide bonds. The molecule has 4 aromatic rings. The molecular formula is C20H16ClN3O2S. The van der Waals surface area contributed by atoms with Crippen LogP contribution in [-0.2, 0) is 10.0 Å². The van der Waals surface area contributed by atoms with Crippen LogP contribution in [0.4, 0.5) is 5.69 Å². The number of aromatic nitrogens is 2. The zero-order valence-electron chi connectivity index (χ0n) is 14.4. The van der Waals surface area contributed by atoms with Crippen molar-refractivity contribution >= 4 is 38.3 Å². The van der Waals surface area contributed by atoms with E-state index in [1.807, 2.05) is 31.2 Å². The average molecular weight is 398 g/mol. The summed E-state index contributed by atoms with van der Waals surface area (Å²) in [6.07, 6.45) is 0. The number of imidazole rings is 1. The van der Waals surface area contributed by atoms with Gasteiger partial charge in [0.25, 0.3) is 10.0 Å². The molecule has 0 saturated carbocycles. The van der Waals surface area contributed by atoms with E-state index in [9.17, 15) is 8.42 Å². The van der Waals surface area contributed by atoms with Gasteiger partial charge in [-0.15, -0.1) is 0 Å². The van der Waals surface area contributed by atoms with Gasteiger partial charge in [0, 0.05) is 11.3 Å². The zero-order chi connectivity index (χ0) is 19.0. The number of rotatable bonds is 4. The molecule has 0 saturated heterocycles. The smallest absolute Gasteiger partial charge is 0.261 e. The number of halogens is 1. The van der Waals surface area contributed by atoms with E-state index < -0.39 is 10.0 Å². The molecule has 0 fully saturated rings. The zero-order valence-corrected chi connectivity index (χ0v) is 16.0. The number of aryl methyl sites for hydroxylation is 1. The molecule has 0 aliphatic heterocycles. The molecule has 0 radical (unpaired) electrons. The van der Waals surface area contributed by atoms with Crippen LogP contribution in [0.3, 0.4) is 0 Å². The first-order valence-corrected chi connectivity index (χ1v) is 10.1. The Bertz CT molecular complexity index is 1200. The lowest BCUT2D eigenvalue weighted by atomic mass is 10.2. The normalized spacial score (nSPS) is 11.6. The van der Waals surface area contributed by atoms with Crippen molar-refractivity contribution in [2.24, 2.45) is 0 Å². The molecule has 0 atom stereocenters. The van der Waals surface area contributed by atoms with Gasteiger partial charge in [-0.3, -0.25) is 4.72 Å². The monoisotopic (exact) mass is 397 g/mol. The van der Waals surface area contributed by atoms with Crippen molar-refractivity contribution in [3.05, 3.63) is 77.3 Å². The Hall–Kier alpha value is -2.83. The van der Waals surface area contributed by atoms with Crippen LogP contribution in [0.5, 0.6) is 0 Å². The number of nitrogens with one attached hydrogen (secondary N) is 2. The van der Waals surface area contributed by atoms with Crippen LogP contribution in [-0.4, -0.2) is 18.4 Å². The van der Waals surface area contributed by atoms with Gasteiger partial charge in [0.2, 0.25) is 0 Å². The number of para-hydroxylation sites is 2. The van der Waals surface area contributed by atoms with Crippen molar-refractivity contribution in [2.75, 3.05) is 4.72 Å². The van der Waals surface area contributed by atoms with Gasteiger partial charge >= 0.3 is 0 Å². The molecule has 0 aliphatic rings. The molecule has 1 heterocycles. The van der Waals surface area contributed by atoms with Crippen molar-refractivity contribution in [1.29, 1.82) is 0 Å². The number of H-pyrrole nitrogens is 1. The molecule has 0 aliphatic carbocycles. The minimum atomic E-state index is -3.69. The lowest BCUT2D eigenvalue weighted by Crippen LogP contribution is -2.13. The number of fused-ring (bicyclic) bond motifs is 1. The fourth-order valence-corrected chi connectivity index (χ4v) is 4.04. The fraction of sp³-hybridized carbons (Fsp3) is 0.0500. The molecule has 27 heavy (non-hydrogen) atoms. The van der Waals surface area contributed by atoms with E-state index >= 15 is 0 Å². The SMILES string of the molecule is Cc1ccc(S(=O)(=O)Nc2ccc(Cl)c(-c3nc4ccccc4[nH]3)c2)cc1. The Kier molecular flexibility index (Phi) is 4.37. The van der Waals surface area contributed by atoms with Gasteiger partial charge in [-0.2, -0.15) is 0 Å². The van der Waals surface area contributed by atoms with E-state index in [1.54, 1.807) is 42.5 Å². The highest BCUT2D eigenvalue weighted by Gasteiger charge is 2.16. The predicted molar refractivity (Wildman–Crippen MR) is 109 cm³/mol. The molecular weight excluding hydrogens is 382 g/mol. The van der Waals surface area contributed by atoms with Crippen molar-refractivity contribution in [2.45, 2.75) is 11.8 Å². The molecule has 2 N–H and O–H groups in total. The molecule has 0 bridgehead atoms. The van der Waals surface area contributed by atoms with Crippen molar-refractivity contribution in [3.63, 3.8) is 0 Å². The maximum atomic E-state index is 12.6. The van der Waals surface area contributed by atoms with Crippen molar-refractivity contribution < 1.29 is 8.42 Å². The highest BCUT2D eigenvalue weighted by Crippen LogP contribution is 2.31. The molecule has 0 spiro atoms. The second-order valence-corrected chi connectivity index (χ2v) is 8.31. The predicted octanol–water partition coefficient (Wildman–Crippen LogP) is 4.99. The van der Waals surface area contributed by atoms with Crippen LogP contribution < -0.4 is 4.72 Å². The maximum absolute atomic E-state index is 12.6. The van der Waals surface area contributed by atoms with Gasteiger partial charge < -0.3 is 4.98 Å². The summed E-state index contributed by atoms with van der Waals surface area (Å²) in [5, 5.41) is 0.479. The minimum Gasteiger partial charge on any atom is -0.338 e. The Balaban J connectivity index is 1.71. The van der Waals surface area contributed by atoms with Crippen molar-refractivity contribution in [1.82, 2.24) is 9.97 Å². The van der Waals surface area contributed by atoms with Gasteiger partial charge in [0.15, 0.2) is 0 Å². The number of anilines is 1. The van der Waals surface area contributed by atoms with Crippen LogP contribution in [0, 0.1) is 6.92 Å². The van der Waals surface area contributed by atoms with Gasteiger partial charge in [0.1, 0.15) is 5.82 Å². The quantitative estimate of drug-likeness (QED) is 0.509. The molecule has 7 heteroatoms. The third kappa shape index (κ3) is 3.54. The van der Waals surface area contributed by atoms with Crippen molar-refractivity contribution in [3.8, 4) is 11.4 Å². The summed E-state index contributed by atoms with van der Waals surface area (Å²) >= 11 is 6.33. The van der Waals surface area contributed by atoms with Crippen LogP contribution in [0.2, 0.25) is 5.02 Å². The van der Waals surface area contributed by atoms with E-state index in [1.165, 1.54) is 0 Å². The average Bonchev–Trinajstić information content (AvgIpc) is 3.07. The van der Waals surface area contributed by atoms with Gasteiger partial charge in [0.05, 0.1) is 21.0 Å². The van der Waals surface area contributed by atoms with E-state index in [4.69, 9.17) is 11.6 Å². The topological polar surface area (TPSA) is 74.8 Å². The third-order valence-corrected chi connectivity index (χ3v) is 5.92. The molecule has 5 nitrogen and oxygen atoms in total. The van der Waals surface area contributed by atoms with Gasteiger partial charge in [-0.1, -0.05) is 41.4 Å². The number of benzene rings is 3. The summed E-state index contributed by atoms with van der Waals surface area (Å²) in [6.45, 7) is 1.91. The lowest BCUT2D eigenvalue weighted by Gasteiger charge is -2.10. The van der Waals surface area contributed by atoms with Crippen LogP contribution in [0.15, 0.2) is 71.6 Å². The van der Waals surface area contributed by atoms with Crippen LogP contribution >= 0.6 is 11.6 Å². The highest BCUT2D eigenvalue weighted by atomic mass is 35.5. The summed E-state index contributed by atoms with van der Waals surface area (Å²) in [5.74, 6) is 0.581. The minimum absolute atomic E-state index is 0.202. The fourth-order valence-electron chi connectivity index (χ4n) is 2.78. The second kappa shape index (κ2) is 6.72. The first-order valence-electron chi connectivity index (χ1n) is 8.26. The first-order chi connectivity index (χ1) is 12.9. The Morgan fingerprint density at radius 3 is 2.48 bits per heavy atom. The number of sulfonamides is 1. The molecule has 4 rings (SSSR count). The Morgan fingerprint density at radius 2 is 1.74 bits per heavy atom. The summed E-state index contributed by atoms with van der Waals surface area (Å²) < 4.78 is 27.8. The lowest BCUT2D eigenvalue weighted by molar-refractivity contribution is 0.601. The van der Waals surface area contributed by atoms with Gasteiger partial charge in [-0.05, 0) is 49.4 Å². The van der Waals surface area contributed by atoms with Crippen LogP contribution in [0.1, 0.15) is 5.56 Å². The molecule has 3 aromatic carbocycles. The van der Waals surface area contributed by atoms with E-state index in [-0.39, 0.29) is 4.90 Å². The molecule has 1 aromatic heterocycles. The largest absolute Gasteiger partial charge is 0.338 e. The summed E-state index contributed by atoms with van der Waals surface area (Å²) in [4.78, 5) is 7.94.